The van der Waals surface area contributed by atoms with Crippen molar-refractivity contribution in [3.05, 3.63) is 29.8 Å². The first-order valence-corrected chi connectivity index (χ1v) is 5.30. The Morgan fingerprint density at radius 2 is 2.00 bits per heavy atom. The topological polar surface area (TPSA) is 33.3 Å². The number of hydrogen-bond acceptors (Lipinski definition) is 3. The van der Waals surface area contributed by atoms with E-state index in [0.29, 0.717) is 6.04 Å². The molecule has 3 heteroatoms. The van der Waals surface area contributed by atoms with Gasteiger partial charge in [-0.3, -0.25) is 0 Å². The van der Waals surface area contributed by atoms with E-state index < -0.39 is 0 Å². The molecule has 0 aromatic heterocycles. The molecule has 0 spiro atoms. The van der Waals surface area contributed by atoms with Gasteiger partial charge < -0.3 is 15.4 Å². The third kappa shape index (κ3) is 3.53. The molecule has 0 aliphatic carbocycles. The quantitative estimate of drug-likeness (QED) is 0.696. The van der Waals surface area contributed by atoms with Crippen LogP contribution in [0.25, 0.3) is 0 Å². The van der Waals surface area contributed by atoms with E-state index in [1.807, 2.05) is 25.2 Å². The number of nitrogens with one attached hydrogen (secondary N) is 2. The second-order valence-electron chi connectivity index (χ2n) is 3.52. The number of benzene rings is 1. The van der Waals surface area contributed by atoms with Crippen LogP contribution in [0.1, 0.15) is 18.5 Å². The molecule has 1 aromatic rings. The van der Waals surface area contributed by atoms with E-state index in [1.54, 1.807) is 7.11 Å². The molecule has 0 saturated heterocycles. The summed E-state index contributed by atoms with van der Waals surface area (Å²) in [6.45, 7) is 4.07. The summed E-state index contributed by atoms with van der Waals surface area (Å²) in [7, 11) is 3.66. The molecule has 0 radical (unpaired) electrons. The minimum atomic E-state index is 0.314. The van der Waals surface area contributed by atoms with Gasteiger partial charge in [0.15, 0.2) is 0 Å². The molecule has 3 nitrogen and oxygen atoms in total. The number of methoxy groups -OCH3 is 1. The summed E-state index contributed by atoms with van der Waals surface area (Å²) in [5.41, 5.74) is 1.20. The molecule has 0 aliphatic heterocycles. The molecule has 0 amide bonds. The van der Waals surface area contributed by atoms with E-state index in [2.05, 4.69) is 23.6 Å². The minimum Gasteiger partial charge on any atom is -0.496 e. The molecule has 84 valence electrons. The van der Waals surface area contributed by atoms with Gasteiger partial charge in [-0.25, -0.2) is 0 Å². The first-order valence-electron chi connectivity index (χ1n) is 5.30. The molecule has 0 bridgehead atoms. The fourth-order valence-electron chi connectivity index (χ4n) is 1.55. The Balaban J connectivity index is 2.59. The van der Waals surface area contributed by atoms with Crippen LogP contribution >= 0.6 is 0 Å². The Bertz CT molecular complexity index is 289. The third-order valence-electron chi connectivity index (χ3n) is 2.43. The number of rotatable bonds is 6. The lowest BCUT2D eigenvalue weighted by Gasteiger charge is -2.16. The van der Waals surface area contributed by atoms with Gasteiger partial charge in [0.1, 0.15) is 5.75 Å². The van der Waals surface area contributed by atoms with Crippen LogP contribution in [0.4, 0.5) is 0 Å². The number of likely N-dealkylation sites (N-methyl/N-ethyl adjacent to an activating group) is 1. The summed E-state index contributed by atoms with van der Waals surface area (Å²) in [5.74, 6) is 0.946. The highest BCUT2D eigenvalue weighted by Gasteiger charge is 2.08. The van der Waals surface area contributed by atoms with Gasteiger partial charge >= 0.3 is 0 Å². The Hall–Kier alpha value is -1.06. The molecule has 1 rings (SSSR count). The lowest BCUT2D eigenvalue weighted by atomic mass is 10.1. The Morgan fingerprint density at radius 1 is 1.27 bits per heavy atom. The van der Waals surface area contributed by atoms with Crippen molar-refractivity contribution in [2.45, 2.75) is 13.0 Å². The van der Waals surface area contributed by atoms with E-state index in [9.17, 15) is 0 Å². The van der Waals surface area contributed by atoms with Crippen molar-refractivity contribution in [3.63, 3.8) is 0 Å². The van der Waals surface area contributed by atoms with Gasteiger partial charge in [0.25, 0.3) is 0 Å². The summed E-state index contributed by atoms with van der Waals surface area (Å²) in [6.07, 6.45) is 0. The highest BCUT2D eigenvalue weighted by molar-refractivity contribution is 5.35. The Morgan fingerprint density at radius 3 is 2.67 bits per heavy atom. The summed E-state index contributed by atoms with van der Waals surface area (Å²) >= 11 is 0. The molecule has 0 heterocycles. The molecule has 0 aliphatic rings. The zero-order valence-electron chi connectivity index (χ0n) is 9.71. The molecule has 1 aromatic carbocycles. The summed E-state index contributed by atoms with van der Waals surface area (Å²) in [4.78, 5) is 0. The smallest absolute Gasteiger partial charge is 0.123 e. The van der Waals surface area contributed by atoms with Crippen LogP contribution in [0.15, 0.2) is 24.3 Å². The normalized spacial score (nSPS) is 12.5. The molecule has 2 N–H and O–H groups in total. The van der Waals surface area contributed by atoms with Gasteiger partial charge in [0.2, 0.25) is 0 Å². The zero-order chi connectivity index (χ0) is 11.1. The fourth-order valence-corrected chi connectivity index (χ4v) is 1.55. The van der Waals surface area contributed by atoms with Crippen molar-refractivity contribution in [1.82, 2.24) is 10.6 Å². The highest BCUT2D eigenvalue weighted by Crippen LogP contribution is 2.23. The summed E-state index contributed by atoms with van der Waals surface area (Å²) in [6, 6.07) is 8.42. The van der Waals surface area contributed by atoms with Crippen molar-refractivity contribution in [3.8, 4) is 5.75 Å². The van der Waals surface area contributed by atoms with E-state index in [1.165, 1.54) is 5.56 Å². The van der Waals surface area contributed by atoms with Gasteiger partial charge in [-0.15, -0.1) is 0 Å². The largest absolute Gasteiger partial charge is 0.496 e. The van der Waals surface area contributed by atoms with Crippen LogP contribution in [-0.2, 0) is 0 Å². The average molecular weight is 208 g/mol. The van der Waals surface area contributed by atoms with Crippen molar-refractivity contribution in [2.75, 3.05) is 27.2 Å². The van der Waals surface area contributed by atoms with Crippen molar-refractivity contribution < 1.29 is 4.74 Å². The van der Waals surface area contributed by atoms with Crippen LogP contribution in [0.2, 0.25) is 0 Å². The summed E-state index contributed by atoms with van der Waals surface area (Å²) in [5, 5.41) is 6.54. The van der Waals surface area contributed by atoms with E-state index >= 15 is 0 Å². The van der Waals surface area contributed by atoms with Gasteiger partial charge in [0.05, 0.1) is 7.11 Å². The van der Waals surface area contributed by atoms with Crippen molar-refractivity contribution in [2.24, 2.45) is 0 Å². The minimum absolute atomic E-state index is 0.314. The lowest BCUT2D eigenvalue weighted by molar-refractivity contribution is 0.401. The molecule has 1 atom stereocenters. The Kier molecular flexibility index (Phi) is 5.15. The maximum absolute atomic E-state index is 5.32. The molecular weight excluding hydrogens is 188 g/mol. The Labute approximate surface area is 91.8 Å². The first-order chi connectivity index (χ1) is 7.29. The van der Waals surface area contributed by atoms with E-state index in [4.69, 9.17) is 4.74 Å². The predicted octanol–water partition coefficient (Wildman–Crippen LogP) is 1.57. The monoisotopic (exact) mass is 208 g/mol. The second kappa shape index (κ2) is 6.43. The van der Waals surface area contributed by atoms with Gasteiger partial charge in [0, 0.05) is 24.7 Å². The van der Waals surface area contributed by atoms with Gasteiger partial charge in [-0.2, -0.15) is 0 Å². The number of para-hydroxylation sites is 1. The highest BCUT2D eigenvalue weighted by atomic mass is 16.5. The van der Waals surface area contributed by atoms with Crippen molar-refractivity contribution in [1.29, 1.82) is 0 Å². The molecular formula is C12H20N2O. The number of hydrogen-bond donors (Lipinski definition) is 2. The molecule has 15 heavy (non-hydrogen) atoms. The maximum Gasteiger partial charge on any atom is 0.123 e. The molecule has 0 saturated carbocycles. The van der Waals surface area contributed by atoms with Crippen LogP contribution < -0.4 is 15.4 Å². The molecule has 0 fully saturated rings. The molecule has 0 unspecified atom stereocenters. The third-order valence-corrected chi connectivity index (χ3v) is 2.43. The number of ether oxygens (including phenoxy) is 1. The van der Waals surface area contributed by atoms with Gasteiger partial charge in [-0.05, 0) is 20.0 Å². The lowest BCUT2D eigenvalue weighted by Crippen LogP contribution is -2.27. The fraction of sp³-hybridized carbons (Fsp3) is 0.500. The zero-order valence-corrected chi connectivity index (χ0v) is 9.71. The van der Waals surface area contributed by atoms with E-state index in [0.717, 1.165) is 18.8 Å². The van der Waals surface area contributed by atoms with Gasteiger partial charge in [-0.1, -0.05) is 18.2 Å². The predicted molar refractivity (Wildman–Crippen MR) is 63.3 cm³/mol. The van der Waals surface area contributed by atoms with Crippen LogP contribution in [0.5, 0.6) is 5.75 Å². The SMILES string of the molecule is CNCCN[C@@H](C)c1ccccc1OC. The van der Waals surface area contributed by atoms with Crippen LogP contribution in [-0.4, -0.2) is 27.2 Å². The summed E-state index contributed by atoms with van der Waals surface area (Å²) < 4.78 is 5.32. The van der Waals surface area contributed by atoms with Crippen molar-refractivity contribution >= 4 is 0 Å². The maximum atomic E-state index is 5.32. The first kappa shape index (κ1) is 12.0. The van der Waals surface area contributed by atoms with Crippen LogP contribution in [0, 0.1) is 0 Å². The average Bonchev–Trinajstić information content (AvgIpc) is 2.29. The second-order valence-corrected chi connectivity index (χ2v) is 3.52. The standard InChI is InChI=1S/C12H20N2O/c1-10(14-9-8-13-2)11-6-4-5-7-12(11)15-3/h4-7,10,13-14H,8-9H2,1-3H3/t10-/m0/s1. The van der Waals surface area contributed by atoms with Crippen LogP contribution in [0.3, 0.4) is 0 Å². The van der Waals surface area contributed by atoms with E-state index in [-0.39, 0.29) is 0 Å².